The monoisotopic (exact) mass is 386 g/mol. The van der Waals surface area contributed by atoms with Gasteiger partial charge in [0.05, 0.1) is 18.7 Å². The highest BCUT2D eigenvalue weighted by atomic mass is 16.5. The zero-order valence-electron chi connectivity index (χ0n) is 15.6. The molecule has 0 bridgehead atoms. The first-order valence-corrected chi connectivity index (χ1v) is 9.03. The van der Waals surface area contributed by atoms with Crippen molar-refractivity contribution >= 4 is 23.3 Å². The van der Waals surface area contributed by atoms with E-state index in [2.05, 4.69) is 4.98 Å². The molecule has 0 saturated carbocycles. The van der Waals surface area contributed by atoms with Gasteiger partial charge in [-0.2, -0.15) is 0 Å². The van der Waals surface area contributed by atoms with Crippen molar-refractivity contribution in [2.24, 2.45) is 0 Å². The minimum Gasteiger partial charge on any atom is -0.507 e. The Morgan fingerprint density at radius 1 is 0.966 bits per heavy atom. The lowest BCUT2D eigenvalue weighted by atomic mass is 9.95. The fourth-order valence-corrected chi connectivity index (χ4v) is 3.42. The zero-order valence-corrected chi connectivity index (χ0v) is 15.6. The number of benzene rings is 2. The highest BCUT2D eigenvalue weighted by molar-refractivity contribution is 6.51. The van der Waals surface area contributed by atoms with Crippen molar-refractivity contribution in [2.75, 3.05) is 12.0 Å². The molecule has 2 aromatic carbocycles. The van der Waals surface area contributed by atoms with Crippen molar-refractivity contribution in [2.45, 2.75) is 6.04 Å². The lowest BCUT2D eigenvalue weighted by Crippen LogP contribution is -2.30. The lowest BCUT2D eigenvalue weighted by Gasteiger charge is -2.24. The molecule has 1 unspecified atom stereocenters. The summed E-state index contributed by atoms with van der Waals surface area (Å²) in [7, 11) is 1.56. The highest BCUT2D eigenvalue weighted by Crippen LogP contribution is 2.41. The van der Waals surface area contributed by atoms with E-state index in [1.807, 2.05) is 6.07 Å². The molecule has 1 amide bonds. The number of anilines is 1. The number of carbonyl (C=O) groups excluding carboxylic acids is 2. The minimum atomic E-state index is -0.809. The SMILES string of the molecule is COc1ccc(C2/C(=C(\O)c3ccccc3)C(=O)C(=O)N2c2ccccn2)cc1. The van der Waals surface area contributed by atoms with Crippen LogP contribution in [0.25, 0.3) is 5.76 Å². The molecule has 1 aliphatic heterocycles. The predicted molar refractivity (Wildman–Crippen MR) is 108 cm³/mol. The van der Waals surface area contributed by atoms with E-state index in [1.165, 1.54) is 4.90 Å². The van der Waals surface area contributed by atoms with Crippen LogP contribution in [0.3, 0.4) is 0 Å². The maximum absolute atomic E-state index is 12.9. The Hall–Kier alpha value is -3.93. The smallest absolute Gasteiger partial charge is 0.301 e. The first kappa shape index (κ1) is 18.4. The van der Waals surface area contributed by atoms with Crippen LogP contribution in [0.5, 0.6) is 5.75 Å². The fourth-order valence-electron chi connectivity index (χ4n) is 3.42. The molecular formula is C23H18N2O4. The largest absolute Gasteiger partial charge is 0.507 e. The van der Waals surface area contributed by atoms with E-state index in [-0.39, 0.29) is 11.3 Å². The van der Waals surface area contributed by atoms with Crippen LogP contribution >= 0.6 is 0 Å². The number of methoxy groups -OCH3 is 1. The van der Waals surface area contributed by atoms with Gasteiger partial charge in [0.25, 0.3) is 5.78 Å². The van der Waals surface area contributed by atoms with E-state index in [4.69, 9.17) is 4.74 Å². The molecule has 1 atom stereocenters. The fraction of sp³-hybridized carbons (Fsp3) is 0.0870. The third-order valence-corrected chi connectivity index (χ3v) is 4.82. The maximum atomic E-state index is 12.9. The number of ether oxygens (including phenoxy) is 1. The predicted octanol–water partition coefficient (Wildman–Crippen LogP) is 3.72. The van der Waals surface area contributed by atoms with Crippen LogP contribution in [0, 0.1) is 0 Å². The molecule has 1 saturated heterocycles. The second kappa shape index (κ2) is 7.59. The highest BCUT2D eigenvalue weighted by Gasteiger charge is 2.47. The Labute approximate surface area is 167 Å². The number of aliphatic hydroxyl groups excluding tert-OH is 1. The van der Waals surface area contributed by atoms with E-state index in [1.54, 1.807) is 80.0 Å². The van der Waals surface area contributed by atoms with Gasteiger partial charge in [0, 0.05) is 11.8 Å². The molecule has 4 rings (SSSR count). The molecule has 0 aliphatic carbocycles. The van der Waals surface area contributed by atoms with Gasteiger partial charge in [-0.3, -0.25) is 14.5 Å². The van der Waals surface area contributed by atoms with E-state index >= 15 is 0 Å². The number of hydrogen-bond donors (Lipinski definition) is 1. The molecule has 1 N–H and O–H groups in total. The molecule has 1 fully saturated rings. The Balaban J connectivity index is 1.93. The van der Waals surface area contributed by atoms with Crippen molar-refractivity contribution in [3.8, 4) is 5.75 Å². The van der Waals surface area contributed by atoms with Gasteiger partial charge >= 0.3 is 5.91 Å². The molecule has 6 nitrogen and oxygen atoms in total. The molecule has 6 heteroatoms. The Morgan fingerprint density at radius 2 is 1.66 bits per heavy atom. The number of Topliss-reactive ketones (excluding diaryl/α,β-unsaturated/α-hetero) is 1. The topological polar surface area (TPSA) is 79.7 Å². The maximum Gasteiger partial charge on any atom is 0.301 e. The van der Waals surface area contributed by atoms with Gasteiger partial charge in [-0.25, -0.2) is 4.98 Å². The second-order valence-electron chi connectivity index (χ2n) is 6.50. The zero-order chi connectivity index (χ0) is 20.4. The van der Waals surface area contributed by atoms with Crippen LogP contribution in [0.15, 0.2) is 84.6 Å². The number of amides is 1. The summed E-state index contributed by atoms with van der Waals surface area (Å²) in [5.41, 5.74) is 1.15. The molecule has 144 valence electrons. The van der Waals surface area contributed by atoms with Crippen molar-refractivity contribution < 1.29 is 19.4 Å². The molecule has 0 spiro atoms. The second-order valence-corrected chi connectivity index (χ2v) is 6.50. The number of rotatable bonds is 4. The van der Waals surface area contributed by atoms with E-state index < -0.39 is 17.7 Å². The third kappa shape index (κ3) is 3.25. The number of carbonyl (C=O) groups is 2. The van der Waals surface area contributed by atoms with E-state index in [0.29, 0.717) is 22.7 Å². The summed E-state index contributed by atoms with van der Waals surface area (Å²) >= 11 is 0. The van der Waals surface area contributed by atoms with Crippen LogP contribution < -0.4 is 9.64 Å². The first-order chi connectivity index (χ1) is 14.1. The molecule has 3 aromatic rings. The van der Waals surface area contributed by atoms with Gasteiger partial charge in [0.2, 0.25) is 0 Å². The number of nitrogens with zero attached hydrogens (tertiary/aromatic N) is 2. The Bertz CT molecular complexity index is 1080. The Kier molecular flexibility index (Phi) is 4.83. The number of pyridine rings is 1. The number of hydrogen-bond acceptors (Lipinski definition) is 5. The standard InChI is InChI=1S/C23H18N2O4/c1-29-17-12-10-15(11-13-17)20-19(21(26)16-7-3-2-4-8-16)22(27)23(28)25(20)18-9-5-6-14-24-18/h2-14,20,26H,1H3/b21-19+. The van der Waals surface area contributed by atoms with Gasteiger partial charge in [-0.15, -0.1) is 0 Å². The molecular weight excluding hydrogens is 368 g/mol. The summed E-state index contributed by atoms with van der Waals surface area (Å²) < 4.78 is 5.21. The molecule has 2 heterocycles. The molecule has 1 aliphatic rings. The summed E-state index contributed by atoms with van der Waals surface area (Å²) in [5.74, 6) is -0.725. The van der Waals surface area contributed by atoms with Gasteiger partial charge in [-0.1, -0.05) is 48.5 Å². The average Bonchev–Trinajstić information content (AvgIpc) is 3.05. The van der Waals surface area contributed by atoms with Crippen molar-refractivity contribution in [1.82, 2.24) is 4.98 Å². The summed E-state index contributed by atoms with van der Waals surface area (Å²) in [6.45, 7) is 0. The van der Waals surface area contributed by atoms with E-state index in [0.717, 1.165) is 0 Å². The van der Waals surface area contributed by atoms with Gasteiger partial charge in [0.1, 0.15) is 17.3 Å². The number of aromatic nitrogens is 1. The van der Waals surface area contributed by atoms with Gasteiger partial charge in [-0.05, 0) is 29.8 Å². The molecule has 29 heavy (non-hydrogen) atoms. The van der Waals surface area contributed by atoms with Crippen LogP contribution in [0.1, 0.15) is 17.2 Å². The Morgan fingerprint density at radius 3 is 2.28 bits per heavy atom. The van der Waals surface area contributed by atoms with Crippen molar-refractivity contribution in [3.63, 3.8) is 0 Å². The van der Waals surface area contributed by atoms with Crippen LogP contribution in [0.2, 0.25) is 0 Å². The lowest BCUT2D eigenvalue weighted by molar-refractivity contribution is -0.132. The molecule has 1 aromatic heterocycles. The quantitative estimate of drug-likeness (QED) is 0.420. The third-order valence-electron chi connectivity index (χ3n) is 4.82. The summed E-state index contributed by atoms with van der Waals surface area (Å²) in [4.78, 5) is 31.4. The minimum absolute atomic E-state index is 0.0250. The van der Waals surface area contributed by atoms with Crippen molar-refractivity contribution in [1.29, 1.82) is 0 Å². The van der Waals surface area contributed by atoms with Crippen LogP contribution in [0.4, 0.5) is 5.82 Å². The summed E-state index contributed by atoms with van der Waals surface area (Å²) in [5, 5.41) is 10.9. The van der Waals surface area contributed by atoms with Gasteiger partial charge in [0.15, 0.2) is 0 Å². The van der Waals surface area contributed by atoms with E-state index in [9.17, 15) is 14.7 Å². The van der Waals surface area contributed by atoms with Crippen LogP contribution in [-0.4, -0.2) is 28.9 Å². The normalized spacial score (nSPS) is 18.1. The average molecular weight is 386 g/mol. The molecule has 0 radical (unpaired) electrons. The summed E-state index contributed by atoms with van der Waals surface area (Å²) in [6, 6.07) is 20.0. The number of ketones is 1. The number of aliphatic hydroxyl groups is 1. The first-order valence-electron chi connectivity index (χ1n) is 9.03. The summed E-state index contributed by atoms with van der Waals surface area (Å²) in [6.07, 6.45) is 1.55. The van der Waals surface area contributed by atoms with Crippen molar-refractivity contribution in [3.05, 3.63) is 95.7 Å². The van der Waals surface area contributed by atoms with Crippen LogP contribution in [-0.2, 0) is 9.59 Å². The van der Waals surface area contributed by atoms with Gasteiger partial charge < -0.3 is 9.84 Å².